The third-order valence-corrected chi connectivity index (χ3v) is 5.33. The number of aromatic hydroxyl groups is 1. The first kappa shape index (κ1) is 16.5. The van der Waals surface area contributed by atoms with Gasteiger partial charge >= 0.3 is 0 Å². The van der Waals surface area contributed by atoms with Crippen LogP contribution in [0.3, 0.4) is 0 Å². The zero-order chi connectivity index (χ0) is 21.3. The Morgan fingerprint density at radius 3 is 2.86 bits per heavy atom. The van der Waals surface area contributed by atoms with Crippen molar-refractivity contribution in [2.24, 2.45) is 5.16 Å². The highest BCUT2D eigenvalue weighted by Gasteiger charge is 2.23. The van der Waals surface area contributed by atoms with Crippen molar-refractivity contribution in [1.82, 2.24) is 4.90 Å². The van der Waals surface area contributed by atoms with Crippen LogP contribution in [0.2, 0.25) is 5.02 Å². The highest BCUT2D eigenvalue weighted by Crippen LogP contribution is 2.37. The summed E-state index contributed by atoms with van der Waals surface area (Å²) < 4.78 is 22.5. The van der Waals surface area contributed by atoms with Crippen LogP contribution in [0.1, 0.15) is 38.2 Å². The molecular weight excluding hydrogens is 376 g/mol. The van der Waals surface area contributed by atoms with E-state index in [2.05, 4.69) is 11.2 Å². The van der Waals surface area contributed by atoms with Crippen LogP contribution >= 0.6 is 11.6 Å². The Balaban J connectivity index is 1.54. The van der Waals surface area contributed by atoms with Crippen LogP contribution < -0.4 is 4.84 Å². The lowest BCUT2D eigenvalue weighted by atomic mass is 9.89. The highest BCUT2D eigenvalue weighted by molar-refractivity contribution is 6.30. The molecule has 2 aliphatic heterocycles. The van der Waals surface area contributed by atoms with E-state index in [-0.39, 0.29) is 23.0 Å². The Hall–Kier alpha value is -2.50. The summed E-state index contributed by atoms with van der Waals surface area (Å²) in [7, 11) is 1.47. The van der Waals surface area contributed by atoms with Crippen molar-refractivity contribution in [3.05, 3.63) is 64.2 Å². The number of piperidine rings is 1. The number of methoxy groups -OCH3 is 1. The third-order valence-electron chi connectivity index (χ3n) is 5.10. The minimum absolute atomic E-state index is 0.119. The summed E-state index contributed by atoms with van der Waals surface area (Å²) >= 11 is 6.12. The van der Waals surface area contributed by atoms with E-state index in [0.717, 1.165) is 12.8 Å². The van der Waals surface area contributed by atoms with E-state index < -0.39 is 6.50 Å². The molecule has 0 radical (unpaired) electrons. The van der Waals surface area contributed by atoms with E-state index in [9.17, 15) is 5.11 Å². The molecular formula is C22H23ClN2O3. The Bertz CT molecular complexity index is 1000. The molecule has 1 N–H and O–H groups in total. The molecule has 0 aromatic heterocycles. The lowest BCUT2D eigenvalue weighted by molar-refractivity contribution is 0.201. The number of benzene rings is 2. The van der Waals surface area contributed by atoms with Crippen LogP contribution in [0.25, 0.3) is 6.08 Å². The van der Waals surface area contributed by atoms with Gasteiger partial charge in [-0.2, -0.15) is 0 Å². The molecule has 6 heteroatoms. The fourth-order valence-corrected chi connectivity index (χ4v) is 3.75. The van der Waals surface area contributed by atoms with Gasteiger partial charge in [-0.1, -0.05) is 35.9 Å². The van der Waals surface area contributed by atoms with Crippen molar-refractivity contribution >= 4 is 23.6 Å². The number of likely N-dealkylation sites (tertiary alicyclic amines) is 1. The summed E-state index contributed by atoms with van der Waals surface area (Å²) in [6, 6.07) is 11.2. The molecule has 0 spiro atoms. The minimum Gasteiger partial charge on any atom is -0.504 e. The lowest BCUT2D eigenvalue weighted by Gasteiger charge is -2.32. The van der Waals surface area contributed by atoms with Gasteiger partial charge in [0.2, 0.25) is 5.75 Å². The van der Waals surface area contributed by atoms with Crippen molar-refractivity contribution in [3.8, 4) is 11.5 Å². The van der Waals surface area contributed by atoms with Crippen LogP contribution in [0.4, 0.5) is 0 Å². The second-order valence-electron chi connectivity index (χ2n) is 6.87. The van der Waals surface area contributed by atoms with E-state index >= 15 is 0 Å². The number of fused-ring (bicyclic) bond motifs is 1. The van der Waals surface area contributed by atoms with Gasteiger partial charge in [0.05, 0.1) is 7.11 Å². The molecule has 0 saturated carbocycles. The van der Waals surface area contributed by atoms with Crippen molar-refractivity contribution in [2.75, 3.05) is 20.2 Å². The average molecular weight is 401 g/mol. The Labute approximate surface area is 172 Å². The van der Waals surface area contributed by atoms with E-state index in [4.69, 9.17) is 23.9 Å². The highest BCUT2D eigenvalue weighted by atomic mass is 35.5. The van der Waals surface area contributed by atoms with E-state index in [1.807, 2.05) is 18.2 Å². The smallest absolute Gasteiger partial charge is 0.250 e. The molecule has 5 nitrogen and oxygen atoms in total. The van der Waals surface area contributed by atoms with Crippen LogP contribution in [0.5, 0.6) is 11.5 Å². The number of hydrogen-bond donors (Lipinski definition) is 1. The molecule has 1 saturated heterocycles. The molecule has 2 aromatic rings. The monoisotopic (exact) mass is 400 g/mol. The van der Waals surface area contributed by atoms with Gasteiger partial charge in [-0.15, -0.1) is 0 Å². The van der Waals surface area contributed by atoms with Crippen LogP contribution in [0, 0.1) is 0 Å². The fraction of sp³-hybridized carbons (Fsp3) is 0.318. The summed E-state index contributed by atoms with van der Waals surface area (Å²) in [5.74, 6) is 0.471. The average Bonchev–Trinajstić information content (AvgIpc) is 2.97. The first-order valence-electron chi connectivity index (χ1n) is 10.2. The summed E-state index contributed by atoms with van der Waals surface area (Å²) in [6.45, 7) is -0.730. The second kappa shape index (κ2) is 8.25. The molecule has 0 aliphatic carbocycles. The maximum Gasteiger partial charge on any atom is 0.250 e. The van der Waals surface area contributed by atoms with Gasteiger partial charge in [-0.25, -0.2) is 0 Å². The van der Waals surface area contributed by atoms with Crippen molar-refractivity contribution in [3.63, 3.8) is 0 Å². The molecule has 2 aliphatic rings. The fourth-order valence-electron chi connectivity index (χ4n) is 3.55. The van der Waals surface area contributed by atoms with Gasteiger partial charge in [0, 0.05) is 31.5 Å². The quantitative estimate of drug-likeness (QED) is 0.804. The largest absolute Gasteiger partial charge is 0.504 e. The van der Waals surface area contributed by atoms with Gasteiger partial charge in [-0.05, 0) is 60.8 Å². The molecule has 28 heavy (non-hydrogen) atoms. The molecule has 2 heterocycles. The number of phenolic OH excluding ortho intramolecular Hbond substituents is 1. The maximum atomic E-state index is 10.8. The first-order valence-corrected chi connectivity index (χ1v) is 9.62. The molecule has 4 rings (SSSR count). The second-order valence-corrected chi connectivity index (χ2v) is 7.30. The van der Waals surface area contributed by atoms with E-state index in [0.29, 0.717) is 29.6 Å². The summed E-state index contributed by atoms with van der Waals surface area (Å²) in [5, 5.41) is 15.3. The summed E-state index contributed by atoms with van der Waals surface area (Å²) in [5.41, 5.74) is 1.94. The van der Waals surface area contributed by atoms with Gasteiger partial charge in [0.25, 0.3) is 5.90 Å². The number of rotatable bonds is 3. The van der Waals surface area contributed by atoms with E-state index in [1.165, 1.54) is 12.7 Å². The Morgan fingerprint density at radius 1 is 1.29 bits per heavy atom. The molecule has 1 fully saturated rings. The molecule has 146 valence electrons. The SMILES string of the molecule is [2H]C([2H])(c1ccc2c(c1O)ON=C(OC)C=C2)N1CCC(c2cccc(Cl)c2)CC1. The normalized spacial score (nSPS) is 19.0. The predicted molar refractivity (Wildman–Crippen MR) is 111 cm³/mol. The summed E-state index contributed by atoms with van der Waals surface area (Å²) in [4.78, 5) is 7.10. The van der Waals surface area contributed by atoms with Gasteiger partial charge in [0.1, 0.15) is 0 Å². The number of hydrogen-bond acceptors (Lipinski definition) is 5. The zero-order valence-electron chi connectivity index (χ0n) is 17.6. The van der Waals surface area contributed by atoms with Crippen molar-refractivity contribution in [2.45, 2.75) is 25.3 Å². The summed E-state index contributed by atoms with van der Waals surface area (Å²) in [6.07, 6.45) is 4.96. The topological polar surface area (TPSA) is 54.3 Å². The van der Waals surface area contributed by atoms with Gasteiger partial charge in [0.15, 0.2) is 5.75 Å². The van der Waals surface area contributed by atoms with Crippen molar-refractivity contribution < 1.29 is 17.4 Å². The van der Waals surface area contributed by atoms with Crippen molar-refractivity contribution in [1.29, 1.82) is 0 Å². The number of halogens is 1. The zero-order valence-corrected chi connectivity index (χ0v) is 16.3. The predicted octanol–water partition coefficient (Wildman–Crippen LogP) is 4.79. The van der Waals surface area contributed by atoms with Gasteiger partial charge in [-0.3, -0.25) is 4.90 Å². The number of nitrogens with zero attached hydrogens (tertiary/aromatic N) is 2. The number of phenols is 1. The molecule has 2 aromatic carbocycles. The Morgan fingerprint density at radius 2 is 2.11 bits per heavy atom. The maximum absolute atomic E-state index is 10.8. The third kappa shape index (κ3) is 4.01. The number of oxime groups is 1. The van der Waals surface area contributed by atoms with Crippen LogP contribution in [0.15, 0.2) is 47.6 Å². The molecule has 0 amide bonds. The number of ether oxygens (including phenoxy) is 1. The lowest BCUT2D eigenvalue weighted by Crippen LogP contribution is -2.32. The minimum atomic E-state index is -1.86. The van der Waals surface area contributed by atoms with E-state index in [1.54, 1.807) is 29.2 Å². The molecule has 0 unspecified atom stereocenters. The van der Waals surface area contributed by atoms with Crippen LogP contribution in [-0.4, -0.2) is 36.1 Å². The Kier molecular flexibility index (Phi) is 4.85. The standard InChI is InChI=1S/C22H23ClN2O3/c1-27-20-8-7-16-5-6-18(21(26)22(16)28-24-20)14-25-11-9-15(10-12-25)17-3-2-4-19(23)13-17/h2-8,13,15,26H,9-12,14H2,1H3/i14D2. The molecule has 0 bridgehead atoms. The molecule has 0 atom stereocenters. The van der Waals surface area contributed by atoms with Crippen LogP contribution in [-0.2, 0) is 11.2 Å². The van der Waals surface area contributed by atoms with Gasteiger partial charge < -0.3 is 14.7 Å². The first-order chi connectivity index (χ1) is 14.4.